The van der Waals surface area contributed by atoms with Crippen LogP contribution in [0, 0.1) is 0 Å². The van der Waals surface area contributed by atoms with Crippen molar-refractivity contribution in [2.24, 2.45) is 0 Å². The summed E-state index contributed by atoms with van der Waals surface area (Å²) in [6, 6.07) is 13.4. The molecule has 1 heterocycles. The molecule has 5 heteroatoms. The maximum atomic E-state index is 6.12. The average Bonchev–Trinajstić information content (AvgIpc) is 2.85. The van der Waals surface area contributed by atoms with Crippen LogP contribution in [0.5, 0.6) is 5.75 Å². The number of aryl methyl sites for hydroxylation is 1. The molecule has 3 aromatic rings. The van der Waals surface area contributed by atoms with Gasteiger partial charge in [-0.25, -0.2) is 0 Å². The third-order valence-corrected chi connectivity index (χ3v) is 3.68. The van der Waals surface area contributed by atoms with Crippen molar-refractivity contribution in [2.45, 2.75) is 20.1 Å². The number of rotatable bonds is 4. The predicted molar refractivity (Wildman–Crippen MR) is 85.6 cm³/mol. The number of para-hydroxylation sites is 2. The third-order valence-electron chi connectivity index (χ3n) is 3.38. The first-order valence-electron chi connectivity index (χ1n) is 6.82. The van der Waals surface area contributed by atoms with Crippen LogP contribution in [0.2, 0.25) is 5.02 Å². The van der Waals surface area contributed by atoms with Gasteiger partial charge in [0.25, 0.3) is 0 Å². The molecule has 0 spiro atoms. The molecule has 0 unspecified atom stereocenters. The molecular formula is C16H16ClN3O. The zero-order valence-corrected chi connectivity index (χ0v) is 12.5. The minimum absolute atomic E-state index is 0.335. The Morgan fingerprint density at radius 3 is 2.76 bits per heavy atom. The number of hydrogen-bond donors (Lipinski definition) is 1. The molecule has 0 aliphatic rings. The van der Waals surface area contributed by atoms with E-state index in [2.05, 4.69) is 18.1 Å². The van der Waals surface area contributed by atoms with Crippen LogP contribution in [0.1, 0.15) is 12.6 Å². The molecule has 0 saturated carbocycles. The summed E-state index contributed by atoms with van der Waals surface area (Å²) < 4.78 is 7.75. The lowest BCUT2D eigenvalue weighted by molar-refractivity contribution is 0.303. The van der Waals surface area contributed by atoms with E-state index in [9.17, 15) is 0 Å². The second kappa shape index (κ2) is 5.66. The van der Waals surface area contributed by atoms with Gasteiger partial charge in [0.05, 0.1) is 16.2 Å². The van der Waals surface area contributed by atoms with Crippen molar-refractivity contribution in [3.8, 4) is 5.75 Å². The van der Waals surface area contributed by atoms with Gasteiger partial charge in [0.15, 0.2) is 5.75 Å². The van der Waals surface area contributed by atoms with E-state index in [1.54, 1.807) is 18.2 Å². The van der Waals surface area contributed by atoms with Crippen LogP contribution in [-0.2, 0) is 13.2 Å². The molecule has 0 amide bonds. The molecule has 4 nitrogen and oxygen atoms in total. The van der Waals surface area contributed by atoms with Gasteiger partial charge in [-0.2, -0.15) is 5.10 Å². The van der Waals surface area contributed by atoms with Crippen molar-refractivity contribution < 1.29 is 4.74 Å². The van der Waals surface area contributed by atoms with Crippen LogP contribution in [0.4, 0.5) is 5.69 Å². The molecule has 2 aromatic carbocycles. The Hall–Kier alpha value is -2.20. The van der Waals surface area contributed by atoms with Crippen molar-refractivity contribution in [1.82, 2.24) is 9.78 Å². The lowest BCUT2D eigenvalue weighted by Crippen LogP contribution is -2.02. The number of anilines is 1. The van der Waals surface area contributed by atoms with Gasteiger partial charge in [0, 0.05) is 11.9 Å². The highest BCUT2D eigenvalue weighted by atomic mass is 35.5. The van der Waals surface area contributed by atoms with Gasteiger partial charge in [-0.3, -0.25) is 4.68 Å². The lowest BCUT2D eigenvalue weighted by Gasteiger charge is -2.09. The van der Waals surface area contributed by atoms with Crippen LogP contribution in [0.3, 0.4) is 0 Å². The quantitative estimate of drug-likeness (QED) is 0.744. The Labute approximate surface area is 128 Å². The number of ether oxygens (including phenoxy) is 1. The van der Waals surface area contributed by atoms with Gasteiger partial charge in [0.1, 0.15) is 12.3 Å². The molecule has 0 fully saturated rings. The number of aromatic nitrogens is 2. The molecule has 0 aliphatic heterocycles. The predicted octanol–water partition coefficient (Wildman–Crippen LogP) is 3.87. The highest BCUT2D eigenvalue weighted by Crippen LogP contribution is 2.31. The van der Waals surface area contributed by atoms with E-state index in [0.29, 0.717) is 23.1 Å². The van der Waals surface area contributed by atoms with Gasteiger partial charge in [-0.05, 0) is 25.1 Å². The second-order valence-corrected chi connectivity index (χ2v) is 5.13. The Bertz CT molecular complexity index is 762. The van der Waals surface area contributed by atoms with E-state index in [1.807, 2.05) is 22.9 Å². The molecule has 21 heavy (non-hydrogen) atoms. The topological polar surface area (TPSA) is 53.1 Å². The molecule has 0 radical (unpaired) electrons. The van der Waals surface area contributed by atoms with E-state index in [1.165, 1.54) is 0 Å². The zero-order valence-electron chi connectivity index (χ0n) is 11.7. The molecule has 2 N–H and O–H groups in total. The standard InChI is InChI=1S/C16H16ClN3O/c1-2-20-15-9-4-3-6-11(15)14(19-20)10-21-16-12(17)7-5-8-13(16)18/h3-9H,2,10,18H2,1H3. The van der Waals surface area contributed by atoms with Crippen molar-refractivity contribution >= 4 is 28.2 Å². The van der Waals surface area contributed by atoms with Gasteiger partial charge in [-0.1, -0.05) is 35.9 Å². The number of hydrogen-bond acceptors (Lipinski definition) is 3. The van der Waals surface area contributed by atoms with Crippen LogP contribution in [0.25, 0.3) is 10.9 Å². The Morgan fingerprint density at radius 1 is 1.19 bits per heavy atom. The van der Waals surface area contributed by atoms with Crippen LogP contribution in [-0.4, -0.2) is 9.78 Å². The largest absolute Gasteiger partial charge is 0.483 e. The van der Waals surface area contributed by atoms with E-state index >= 15 is 0 Å². The van der Waals surface area contributed by atoms with Crippen molar-refractivity contribution in [3.63, 3.8) is 0 Å². The minimum Gasteiger partial charge on any atom is -0.483 e. The van der Waals surface area contributed by atoms with Crippen LogP contribution < -0.4 is 10.5 Å². The van der Waals surface area contributed by atoms with Crippen molar-refractivity contribution in [1.29, 1.82) is 0 Å². The summed E-state index contributed by atoms with van der Waals surface area (Å²) in [5.74, 6) is 0.509. The summed E-state index contributed by atoms with van der Waals surface area (Å²) in [5.41, 5.74) is 8.41. The number of nitrogen functional groups attached to an aromatic ring is 1. The fourth-order valence-electron chi connectivity index (χ4n) is 2.36. The highest BCUT2D eigenvalue weighted by Gasteiger charge is 2.12. The molecule has 0 bridgehead atoms. The van der Waals surface area contributed by atoms with Crippen molar-refractivity contribution in [2.75, 3.05) is 5.73 Å². The summed E-state index contributed by atoms with van der Waals surface area (Å²) in [6.45, 7) is 3.21. The Morgan fingerprint density at radius 2 is 2.00 bits per heavy atom. The van der Waals surface area contributed by atoms with Crippen molar-refractivity contribution in [3.05, 3.63) is 53.2 Å². The molecular weight excluding hydrogens is 286 g/mol. The fourth-order valence-corrected chi connectivity index (χ4v) is 2.60. The van der Waals surface area contributed by atoms with Gasteiger partial charge < -0.3 is 10.5 Å². The smallest absolute Gasteiger partial charge is 0.161 e. The van der Waals surface area contributed by atoms with E-state index in [0.717, 1.165) is 23.1 Å². The average molecular weight is 302 g/mol. The Kier molecular flexibility index (Phi) is 3.71. The summed E-state index contributed by atoms with van der Waals surface area (Å²) in [5, 5.41) is 6.19. The van der Waals surface area contributed by atoms with E-state index < -0.39 is 0 Å². The van der Waals surface area contributed by atoms with Crippen LogP contribution in [0.15, 0.2) is 42.5 Å². The maximum absolute atomic E-state index is 6.12. The second-order valence-electron chi connectivity index (χ2n) is 4.73. The fraction of sp³-hybridized carbons (Fsp3) is 0.188. The third kappa shape index (κ3) is 2.54. The van der Waals surface area contributed by atoms with Gasteiger partial charge in [0.2, 0.25) is 0 Å². The summed E-state index contributed by atoms with van der Waals surface area (Å²) in [6.07, 6.45) is 0. The van der Waals surface area contributed by atoms with Gasteiger partial charge in [-0.15, -0.1) is 0 Å². The number of halogens is 1. The SMILES string of the molecule is CCn1nc(COc2c(N)cccc2Cl)c2ccccc21. The molecule has 0 saturated heterocycles. The first-order valence-corrected chi connectivity index (χ1v) is 7.19. The van der Waals surface area contributed by atoms with E-state index in [4.69, 9.17) is 22.1 Å². The monoisotopic (exact) mass is 301 g/mol. The minimum atomic E-state index is 0.335. The number of fused-ring (bicyclic) bond motifs is 1. The Balaban J connectivity index is 1.92. The lowest BCUT2D eigenvalue weighted by atomic mass is 10.2. The highest BCUT2D eigenvalue weighted by molar-refractivity contribution is 6.32. The normalized spacial score (nSPS) is 11.0. The molecule has 3 rings (SSSR count). The summed E-state index contributed by atoms with van der Waals surface area (Å²) in [4.78, 5) is 0. The number of nitrogens with two attached hydrogens (primary N) is 1. The first-order chi connectivity index (χ1) is 10.2. The molecule has 0 atom stereocenters. The first kappa shape index (κ1) is 13.8. The molecule has 0 aliphatic carbocycles. The maximum Gasteiger partial charge on any atom is 0.161 e. The van der Waals surface area contributed by atoms with Gasteiger partial charge >= 0.3 is 0 Å². The number of benzene rings is 2. The van der Waals surface area contributed by atoms with E-state index in [-0.39, 0.29) is 0 Å². The molecule has 108 valence electrons. The molecule has 1 aromatic heterocycles. The zero-order chi connectivity index (χ0) is 14.8. The summed E-state index contributed by atoms with van der Waals surface area (Å²) >= 11 is 6.12. The van der Waals surface area contributed by atoms with Crippen LogP contribution >= 0.6 is 11.6 Å². The number of nitrogens with zero attached hydrogens (tertiary/aromatic N) is 2. The summed E-state index contributed by atoms with van der Waals surface area (Å²) in [7, 11) is 0.